The third-order valence-electron chi connectivity index (χ3n) is 3.15. The minimum atomic E-state index is -0.546. The first-order valence-corrected chi connectivity index (χ1v) is 8.48. The zero-order valence-corrected chi connectivity index (χ0v) is 14.3. The second-order valence-electron chi connectivity index (χ2n) is 4.83. The lowest BCUT2D eigenvalue weighted by Gasteiger charge is -2.20. The van der Waals surface area contributed by atoms with E-state index in [4.69, 9.17) is 0 Å². The summed E-state index contributed by atoms with van der Waals surface area (Å²) in [5.74, 6) is -1.08. The quantitative estimate of drug-likeness (QED) is 0.736. The summed E-state index contributed by atoms with van der Waals surface area (Å²) in [4.78, 5) is 4.39. The number of thiazole rings is 1. The molecule has 0 spiro atoms. The van der Waals surface area contributed by atoms with Crippen LogP contribution in [-0.4, -0.2) is 11.5 Å². The van der Waals surface area contributed by atoms with Crippen molar-refractivity contribution in [1.29, 1.82) is 0 Å². The predicted molar refractivity (Wildman–Crippen MR) is 85.6 cm³/mol. The van der Waals surface area contributed by atoms with Gasteiger partial charge in [-0.2, -0.15) is 0 Å². The van der Waals surface area contributed by atoms with Gasteiger partial charge in [0.05, 0.1) is 15.2 Å². The Labute approximate surface area is 135 Å². The molecule has 21 heavy (non-hydrogen) atoms. The SMILES string of the molecule is CCCNC(Cc1csc(C)n1)c1c(F)ccc(Br)c1F. The van der Waals surface area contributed by atoms with Gasteiger partial charge < -0.3 is 5.32 Å². The largest absolute Gasteiger partial charge is 0.309 e. The average molecular weight is 375 g/mol. The second kappa shape index (κ2) is 7.42. The van der Waals surface area contributed by atoms with Crippen LogP contribution in [0.3, 0.4) is 0 Å². The summed E-state index contributed by atoms with van der Waals surface area (Å²) in [6.45, 7) is 4.63. The van der Waals surface area contributed by atoms with Gasteiger partial charge in [0.25, 0.3) is 0 Å². The van der Waals surface area contributed by atoms with Crippen LogP contribution in [0.4, 0.5) is 8.78 Å². The third-order valence-corrected chi connectivity index (χ3v) is 4.58. The molecule has 0 radical (unpaired) electrons. The molecule has 2 nitrogen and oxygen atoms in total. The van der Waals surface area contributed by atoms with Crippen LogP contribution in [0.5, 0.6) is 0 Å². The van der Waals surface area contributed by atoms with Crippen LogP contribution in [0.2, 0.25) is 0 Å². The van der Waals surface area contributed by atoms with Crippen molar-refractivity contribution in [2.45, 2.75) is 32.7 Å². The Morgan fingerprint density at radius 1 is 1.38 bits per heavy atom. The Hall–Kier alpha value is -0.850. The van der Waals surface area contributed by atoms with E-state index in [2.05, 4.69) is 26.2 Å². The van der Waals surface area contributed by atoms with E-state index in [-0.39, 0.29) is 10.0 Å². The molecule has 1 unspecified atom stereocenters. The Morgan fingerprint density at radius 2 is 2.14 bits per heavy atom. The van der Waals surface area contributed by atoms with Gasteiger partial charge in [0.15, 0.2) is 0 Å². The molecule has 0 amide bonds. The van der Waals surface area contributed by atoms with Crippen molar-refractivity contribution in [3.63, 3.8) is 0 Å². The fraction of sp³-hybridized carbons (Fsp3) is 0.400. The van der Waals surface area contributed by atoms with Gasteiger partial charge in [0, 0.05) is 23.4 Å². The summed E-state index contributed by atoms with van der Waals surface area (Å²) in [6.07, 6.45) is 1.36. The first-order valence-electron chi connectivity index (χ1n) is 6.80. The van der Waals surface area contributed by atoms with Crippen molar-refractivity contribution in [2.75, 3.05) is 6.54 Å². The lowest BCUT2D eigenvalue weighted by Crippen LogP contribution is -2.26. The smallest absolute Gasteiger partial charge is 0.145 e. The summed E-state index contributed by atoms with van der Waals surface area (Å²) >= 11 is 4.66. The first-order chi connectivity index (χ1) is 10.0. The number of aryl methyl sites for hydroxylation is 1. The topological polar surface area (TPSA) is 24.9 Å². The summed E-state index contributed by atoms with van der Waals surface area (Å²) < 4.78 is 28.7. The van der Waals surface area contributed by atoms with Gasteiger partial charge in [-0.3, -0.25) is 0 Å². The van der Waals surface area contributed by atoms with Crippen LogP contribution in [0.25, 0.3) is 0 Å². The summed E-state index contributed by atoms with van der Waals surface area (Å²) in [7, 11) is 0. The Morgan fingerprint density at radius 3 is 2.76 bits per heavy atom. The highest BCUT2D eigenvalue weighted by molar-refractivity contribution is 9.10. The fourth-order valence-corrected chi connectivity index (χ4v) is 3.14. The summed E-state index contributed by atoms with van der Waals surface area (Å²) in [5, 5.41) is 6.10. The number of aromatic nitrogens is 1. The molecule has 114 valence electrons. The number of nitrogens with one attached hydrogen (secondary N) is 1. The van der Waals surface area contributed by atoms with Crippen molar-refractivity contribution in [2.24, 2.45) is 0 Å². The fourth-order valence-electron chi connectivity index (χ4n) is 2.17. The molecule has 0 saturated heterocycles. The highest BCUT2D eigenvalue weighted by atomic mass is 79.9. The van der Waals surface area contributed by atoms with Gasteiger partial charge in [-0.25, -0.2) is 13.8 Å². The van der Waals surface area contributed by atoms with Gasteiger partial charge in [0.1, 0.15) is 11.6 Å². The molecule has 0 fully saturated rings. The maximum Gasteiger partial charge on any atom is 0.145 e. The maximum atomic E-state index is 14.3. The number of rotatable bonds is 6. The molecule has 1 heterocycles. The third kappa shape index (κ3) is 4.08. The van der Waals surface area contributed by atoms with Crippen LogP contribution in [0.1, 0.15) is 35.7 Å². The predicted octanol–water partition coefficient (Wildman–Crippen LogP) is 4.78. The molecule has 1 N–H and O–H groups in total. The van der Waals surface area contributed by atoms with E-state index in [0.717, 1.165) is 17.1 Å². The van der Waals surface area contributed by atoms with Gasteiger partial charge in [-0.15, -0.1) is 11.3 Å². The van der Waals surface area contributed by atoms with Gasteiger partial charge >= 0.3 is 0 Å². The maximum absolute atomic E-state index is 14.3. The minimum absolute atomic E-state index is 0.0727. The van der Waals surface area contributed by atoms with Crippen molar-refractivity contribution in [3.05, 3.63) is 49.9 Å². The molecule has 2 aromatic rings. The zero-order valence-electron chi connectivity index (χ0n) is 11.9. The van der Waals surface area contributed by atoms with Crippen molar-refractivity contribution < 1.29 is 8.78 Å². The monoisotopic (exact) mass is 374 g/mol. The van der Waals surface area contributed by atoms with E-state index in [1.165, 1.54) is 12.1 Å². The van der Waals surface area contributed by atoms with Crippen LogP contribution >= 0.6 is 27.3 Å². The molecule has 1 aromatic heterocycles. The molecule has 0 bridgehead atoms. The molecule has 1 atom stereocenters. The van der Waals surface area contributed by atoms with Crippen LogP contribution in [-0.2, 0) is 6.42 Å². The van der Waals surface area contributed by atoms with Gasteiger partial charge in [-0.1, -0.05) is 6.92 Å². The van der Waals surface area contributed by atoms with Crippen LogP contribution in [0, 0.1) is 18.6 Å². The standard InChI is InChI=1S/C15H17BrF2N2S/c1-3-6-19-13(7-10-8-21-9(2)20-10)14-12(17)5-4-11(16)15(14)18/h4-5,8,13,19H,3,6-7H2,1-2H3. The van der Waals surface area contributed by atoms with Crippen molar-refractivity contribution >= 4 is 27.3 Å². The number of benzene rings is 1. The van der Waals surface area contributed by atoms with Crippen LogP contribution in [0.15, 0.2) is 22.0 Å². The first kappa shape index (κ1) is 16.5. The molecular formula is C15H17BrF2N2S. The lowest BCUT2D eigenvalue weighted by molar-refractivity contribution is 0.460. The highest BCUT2D eigenvalue weighted by Gasteiger charge is 2.22. The molecule has 0 saturated carbocycles. The lowest BCUT2D eigenvalue weighted by atomic mass is 10.0. The molecule has 1 aromatic carbocycles. The van der Waals surface area contributed by atoms with E-state index < -0.39 is 17.7 Å². The van der Waals surface area contributed by atoms with E-state index in [0.29, 0.717) is 13.0 Å². The van der Waals surface area contributed by atoms with Crippen LogP contribution < -0.4 is 5.32 Å². The Kier molecular flexibility index (Phi) is 5.84. The second-order valence-corrected chi connectivity index (χ2v) is 6.74. The zero-order chi connectivity index (χ0) is 15.4. The summed E-state index contributed by atoms with van der Waals surface area (Å²) in [5.41, 5.74) is 0.924. The number of halogens is 3. The van der Waals surface area contributed by atoms with Crippen molar-refractivity contribution in [3.8, 4) is 0 Å². The number of hydrogen-bond acceptors (Lipinski definition) is 3. The molecule has 2 rings (SSSR count). The molecular weight excluding hydrogens is 358 g/mol. The molecule has 0 aliphatic carbocycles. The molecule has 0 aliphatic heterocycles. The highest BCUT2D eigenvalue weighted by Crippen LogP contribution is 2.29. The van der Waals surface area contributed by atoms with Gasteiger partial charge in [0.2, 0.25) is 0 Å². The number of hydrogen-bond donors (Lipinski definition) is 1. The van der Waals surface area contributed by atoms with E-state index in [1.807, 2.05) is 19.2 Å². The molecule has 6 heteroatoms. The minimum Gasteiger partial charge on any atom is -0.309 e. The van der Waals surface area contributed by atoms with Crippen molar-refractivity contribution in [1.82, 2.24) is 10.3 Å². The average Bonchev–Trinajstić information content (AvgIpc) is 2.86. The number of nitrogens with zero attached hydrogens (tertiary/aromatic N) is 1. The van der Waals surface area contributed by atoms with Gasteiger partial charge in [-0.05, 0) is 48.0 Å². The molecule has 0 aliphatic rings. The normalized spacial score (nSPS) is 12.6. The Balaban J connectivity index is 2.33. The Bertz CT molecular complexity index is 616. The summed E-state index contributed by atoms with van der Waals surface area (Å²) in [6, 6.07) is 2.25. The van der Waals surface area contributed by atoms with E-state index in [1.54, 1.807) is 11.3 Å². The van der Waals surface area contributed by atoms with E-state index in [9.17, 15) is 8.78 Å². The van der Waals surface area contributed by atoms with E-state index >= 15 is 0 Å².